The van der Waals surface area contributed by atoms with Gasteiger partial charge in [-0.1, -0.05) is 12.1 Å². The molecule has 8 nitrogen and oxygen atoms in total. The Morgan fingerprint density at radius 1 is 1.00 bits per heavy atom. The quantitative estimate of drug-likeness (QED) is 0.335. The number of benzene rings is 1. The van der Waals surface area contributed by atoms with E-state index in [0.29, 0.717) is 5.71 Å². The lowest BCUT2D eigenvalue weighted by atomic mass is 10.2. The maximum Gasteiger partial charge on any atom is 0.348 e. The summed E-state index contributed by atoms with van der Waals surface area (Å²) in [6.45, 7) is 0. The number of nitro groups is 2. The first kappa shape index (κ1) is 18.4. The molecule has 0 saturated heterocycles. The van der Waals surface area contributed by atoms with Crippen LogP contribution in [0.4, 0.5) is 17.1 Å². The Hall–Kier alpha value is -3.37. The molecule has 0 fully saturated rings. The SMILES string of the molecule is O=[N+]([O-])c1ccc(N/N=C(\C=C\c2cccs2)c2cccs2)cc1[N+](=O)[O-]. The standard InChI is InChI=1S/C17H12N4O4S2/c22-20(23)15-8-5-12(11-16(15)21(24)25)18-19-14(17-4-2-10-27-17)7-6-13-3-1-9-26-13/h1-11,18H/b7-6+,19-14+. The van der Waals surface area contributed by atoms with Crippen molar-refractivity contribution in [3.05, 3.63) is 89.3 Å². The third-order valence-corrected chi connectivity index (χ3v) is 5.13. The van der Waals surface area contributed by atoms with Crippen LogP contribution in [0.25, 0.3) is 6.08 Å². The van der Waals surface area contributed by atoms with Gasteiger partial charge in [-0.25, -0.2) is 0 Å². The predicted molar refractivity (Wildman–Crippen MR) is 108 cm³/mol. The summed E-state index contributed by atoms with van der Waals surface area (Å²) in [7, 11) is 0. The number of nitrogens with zero attached hydrogens (tertiary/aromatic N) is 3. The molecule has 10 heteroatoms. The molecule has 3 rings (SSSR count). The van der Waals surface area contributed by atoms with Gasteiger partial charge in [0.05, 0.1) is 20.4 Å². The molecule has 27 heavy (non-hydrogen) atoms. The highest BCUT2D eigenvalue weighted by atomic mass is 32.1. The number of thiophene rings is 2. The maximum absolute atomic E-state index is 11.1. The van der Waals surface area contributed by atoms with Crippen molar-refractivity contribution >= 4 is 51.5 Å². The Bertz CT molecular complexity index is 1010. The largest absolute Gasteiger partial charge is 0.348 e. The van der Waals surface area contributed by atoms with Crippen molar-refractivity contribution in [2.75, 3.05) is 5.43 Å². The van der Waals surface area contributed by atoms with E-state index in [2.05, 4.69) is 10.5 Å². The number of hydrazone groups is 1. The fourth-order valence-electron chi connectivity index (χ4n) is 2.16. The molecule has 2 aromatic heterocycles. The van der Waals surface area contributed by atoms with E-state index >= 15 is 0 Å². The predicted octanol–water partition coefficient (Wildman–Crippen LogP) is 5.16. The fourth-order valence-corrected chi connectivity index (χ4v) is 3.48. The lowest BCUT2D eigenvalue weighted by Gasteiger charge is -2.03. The van der Waals surface area contributed by atoms with E-state index in [1.54, 1.807) is 11.3 Å². The van der Waals surface area contributed by atoms with Crippen LogP contribution in [0.2, 0.25) is 0 Å². The molecule has 1 N–H and O–H groups in total. The van der Waals surface area contributed by atoms with E-state index in [0.717, 1.165) is 21.9 Å². The van der Waals surface area contributed by atoms with E-state index in [1.165, 1.54) is 17.4 Å². The summed E-state index contributed by atoms with van der Waals surface area (Å²) < 4.78 is 0. The van der Waals surface area contributed by atoms with Gasteiger partial charge in [-0.05, 0) is 41.1 Å². The zero-order valence-electron chi connectivity index (χ0n) is 13.6. The molecule has 3 aromatic rings. The Labute approximate surface area is 161 Å². The molecule has 0 bridgehead atoms. The van der Waals surface area contributed by atoms with Crippen LogP contribution in [-0.2, 0) is 0 Å². The number of hydrogen-bond acceptors (Lipinski definition) is 8. The van der Waals surface area contributed by atoms with Gasteiger partial charge in [-0.2, -0.15) is 5.10 Å². The average Bonchev–Trinajstić information content (AvgIpc) is 3.35. The number of nitrogens with one attached hydrogen (secondary N) is 1. The van der Waals surface area contributed by atoms with E-state index in [-0.39, 0.29) is 5.69 Å². The molecule has 0 aliphatic heterocycles. The van der Waals surface area contributed by atoms with Gasteiger partial charge in [0.25, 0.3) is 0 Å². The monoisotopic (exact) mass is 400 g/mol. The minimum atomic E-state index is -0.788. The number of nitro benzene ring substituents is 2. The summed E-state index contributed by atoms with van der Waals surface area (Å²) >= 11 is 3.09. The van der Waals surface area contributed by atoms with Crippen LogP contribution < -0.4 is 5.43 Å². The molecule has 0 saturated carbocycles. The molecule has 2 heterocycles. The summed E-state index contributed by atoms with van der Waals surface area (Å²) in [6.07, 6.45) is 3.76. The first-order valence-electron chi connectivity index (χ1n) is 7.56. The van der Waals surface area contributed by atoms with Crippen LogP contribution in [0.5, 0.6) is 0 Å². The van der Waals surface area contributed by atoms with Crippen LogP contribution in [0.1, 0.15) is 9.75 Å². The molecule has 0 radical (unpaired) electrons. The van der Waals surface area contributed by atoms with Crippen LogP contribution >= 0.6 is 22.7 Å². The number of allylic oxidation sites excluding steroid dienone is 1. The lowest BCUT2D eigenvalue weighted by molar-refractivity contribution is -0.422. The number of rotatable bonds is 7. The highest BCUT2D eigenvalue weighted by molar-refractivity contribution is 7.12. The zero-order valence-corrected chi connectivity index (χ0v) is 15.3. The van der Waals surface area contributed by atoms with Gasteiger partial charge < -0.3 is 0 Å². The molecular formula is C17H12N4O4S2. The highest BCUT2D eigenvalue weighted by Gasteiger charge is 2.24. The second kappa shape index (κ2) is 8.34. The fraction of sp³-hybridized carbons (Fsp3) is 0. The smallest absolute Gasteiger partial charge is 0.278 e. The molecular weight excluding hydrogens is 388 g/mol. The maximum atomic E-state index is 11.1. The Morgan fingerprint density at radius 2 is 1.74 bits per heavy atom. The number of anilines is 1. The second-order valence-electron chi connectivity index (χ2n) is 5.15. The van der Waals surface area contributed by atoms with Gasteiger partial charge >= 0.3 is 11.4 Å². The molecule has 0 atom stereocenters. The van der Waals surface area contributed by atoms with Crippen molar-refractivity contribution in [3.63, 3.8) is 0 Å². The van der Waals surface area contributed by atoms with Crippen molar-refractivity contribution in [1.82, 2.24) is 0 Å². The minimum absolute atomic E-state index is 0.283. The van der Waals surface area contributed by atoms with Gasteiger partial charge in [-0.15, -0.1) is 22.7 Å². The topological polar surface area (TPSA) is 111 Å². The molecule has 0 aliphatic carbocycles. The Kier molecular flexibility index (Phi) is 5.69. The van der Waals surface area contributed by atoms with Crippen LogP contribution in [-0.4, -0.2) is 15.6 Å². The van der Waals surface area contributed by atoms with E-state index in [9.17, 15) is 20.2 Å². The van der Waals surface area contributed by atoms with Crippen LogP contribution in [0.15, 0.2) is 64.4 Å². The van der Waals surface area contributed by atoms with E-state index in [4.69, 9.17) is 0 Å². The molecule has 0 spiro atoms. The Morgan fingerprint density at radius 3 is 2.37 bits per heavy atom. The normalized spacial score (nSPS) is 11.6. The first-order chi connectivity index (χ1) is 13.0. The second-order valence-corrected chi connectivity index (χ2v) is 7.08. The molecule has 0 unspecified atom stereocenters. The number of hydrogen-bond donors (Lipinski definition) is 1. The lowest BCUT2D eigenvalue weighted by Crippen LogP contribution is -2.01. The van der Waals surface area contributed by atoms with Gasteiger partial charge in [0, 0.05) is 17.0 Å². The average molecular weight is 400 g/mol. The summed E-state index contributed by atoms with van der Waals surface area (Å²) in [6, 6.07) is 11.3. The third-order valence-electron chi connectivity index (χ3n) is 3.40. The summed E-state index contributed by atoms with van der Waals surface area (Å²) in [5, 5.41) is 30.2. The van der Waals surface area contributed by atoms with Crippen molar-refractivity contribution in [2.45, 2.75) is 0 Å². The molecule has 1 aromatic carbocycles. The van der Waals surface area contributed by atoms with Crippen LogP contribution in [0, 0.1) is 20.2 Å². The summed E-state index contributed by atoms with van der Waals surface area (Å²) in [4.78, 5) is 22.4. The molecule has 0 aliphatic rings. The van der Waals surface area contributed by atoms with Crippen molar-refractivity contribution in [2.24, 2.45) is 5.10 Å². The van der Waals surface area contributed by atoms with E-state index in [1.807, 2.05) is 47.2 Å². The highest BCUT2D eigenvalue weighted by Crippen LogP contribution is 2.29. The van der Waals surface area contributed by atoms with Crippen molar-refractivity contribution in [3.8, 4) is 0 Å². The van der Waals surface area contributed by atoms with Gasteiger partial charge in [-0.3, -0.25) is 25.7 Å². The zero-order chi connectivity index (χ0) is 19.2. The summed E-state index contributed by atoms with van der Waals surface area (Å²) in [5.41, 5.74) is 2.51. The first-order valence-corrected chi connectivity index (χ1v) is 9.32. The van der Waals surface area contributed by atoms with Gasteiger partial charge in [0.15, 0.2) is 0 Å². The van der Waals surface area contributed by atoms with Gasteiger partial charge in [0.2, 0.25) is 0 Å². The Balaban J connectivity index is 1.89. The third kappa shape index (κ3) is 4.63. The van der Waals surface area contributed by atoms with E-state index < -0.39 is 21.2 Å². The van der Waals surface area contributed by atoms with Crippen molar-refractivity contribution in [1.29, 1.82) is 0 Å². The summed E-state index contributed by atoms with van der Waals surface area (Å²) in [5.74, 6) is 0. The molecule has 0 amide bonds. The molecule has 136 valence electrons. The minimum Gasteiger partial charge on any atom is -0.278 e. The van der Waals surface area contributed by atoms with Gasteiger partial charge in [0.1, 0.15) is 5.71 Å². The van der Waals surface area contributed by atoms with Crippen molar-refractivity contribution < 1.29 is 9.85 Å². The van der Waals surface area contributed by atoms with Crippen LogP contribution in [0.3, 0.4) is 0 Å².